The number of hydrogen-bond acceptors (Lipinski definition) is 4. The van der Waals surface area contributed by atoms with Crippen LogP contribution in [0.2, 0.25) is 0 Å². The van der Waals surface area contributed by atoms with Gasteiger partial charge in [0.2, 0.25) is 0 Å². The van der Waals surface area contributed by atoms with Gasteiger partial charge in [0.25, 0.3) is 5.91 Å². The molecule has 0 saturated heterocycles. The van der Waals surface area contributed by atoms with E-state index in [4.69, 9.17) is 9.47 Å². The molecule has 0 aliphatic rings. The van der Waals surface area contributed by atoms with Gasteiger partial charge in [0.15, 0.2) is 0 Å². The van der Waals surface area contributed by atoms with E-state index in [0.29, 0.717) is 17.7 Å². The fraction of sp³-hybridized carbons (Fsp3) is 0.200. The second kappa shape index (κ2) is 6.55. The fourth-order valence-corrected chi connectivity index (χ4v) is 1.76. The number of halogens is 3. The molecular weight excluding hydrogens is 313 g/mol. The number of alkyl halides is 3. The number of benzene rings is 1. The number of rotatable bonds is 4. The zero-order valence-electron chi connectivity index (χ0n) is 12.3. The van der Waals surface area contributed by atoms with Crippen LogP contribution in [-0.4, -0.2) is 25.1 Å². The molecule has 5 nitrogen and oxygen atoms in total. The molecule has 1 aromatic heterocycles. The predicted molar refractivity (Wildman–Crippen MR) is 76.7 cm³/mol. The zero-order valence-corrected chi connectivity index (χ0v) is 12.3. The van der Waals surface area contributed by atoms with Crippen LogP contribution < -0.4 is 14.8 Å². The first-order chi connectivity index (χ1) is 10.8. The van der Waals surface area contributed by atoms with Crippen LogP contribution in [0.1, 0.15) is 15.9 Å². The molecular formula is C15H13F3N2O3. The number of aromatic nitrogens is 1. The molecule has 1 heterocycles. The average molecular weight is 326 g/mol. The molecule has 23 heavy (non-hydrogen) atoms. The van der Waals surface area contributed by atoms with Crippen LogP contribution in [0.3, 0.4) is 0 Å². The summed E-state index contributed by atoms with van der Waals surface area (Å²) in [5.41, 5.74) is -0.665. The molecule has 0 aliphatic carbocycles. The van der Waals surface area contributed by atoms with Gasteiger partial charge in [-0.15, -0.1) is 0 Å². The van der Waals surface area contributed by atoms with Crippen molar-refractivity contribution in [2.45, 2.75) is 6.18 Å². The van der Waals surface area contributed by atoms with Gasteiger partial charge in [-0.25, -0.2) is 4.98 Å². The van der Waals surface area contributed by atoms with Gasteiger partial charge in [-0.05, 0) is 24.3 Å². The van der Waals surface area contributed by atoms with Gasteiger partial charge >= 0.3 is 6.18 Å². The summed E-state index contributed by atoms with van der Waals surface area (Å²) in [5.74, 6) is 0.281. The maximum absolute atomic E-state index is 12.5. The largest absolute Gasteiger partial charge is 0.497 e. The van der Waals surface area contributed by atoms with Crippen molar-refractivity contribution in [1.82, 2.24) is 4.98 Å². The molecule has 0 radical (unpaired) electrons. The maximum atomic E-state index is 12.5. The van der Waals surface area contributed by atoms with Crippen LogP contribution in [0.5, 0.6) is 11.5 Å². The van der Waals surface area contributed by atoms with Gasteiger partial charge in [0.05, 0.1) is 19.8 Å². The Morgan fingerprint density at radius 2 is 1.70 bits per heavy atom. The van der Waals surface area contributed by atoms with E-state index >= 15 is 0 Å². The van der Waals surface area contributed by atoms with Crippen LogP contribution in [0.25, 0.3) is 0 Å². The van der Waals surface area contributed by atoms with Gasteiger partial charge in [0, 0.05) is 17.8 Å². The van der Waals surface area contributed by atoms with E-state index in [1.807, 2.05) is 0 Å². The first kappa shape index (κ1) is 16.6. The van der Waals surface area contributed by atoms with Gasteiger partial charge in [-0.3, -0.25) is 4.79 Å². The third kappa shape index (κ3) is 4.12. The van der Waals surface area contributed by atoms with Crippen LogP contribution in [-0.2, 0) is 6.18 Å². The number of nitrogens with zero attached hydrogens (tertiary/aromatic N) is 1. The summed E-state index contributed by atoms with van der Waals surface area (Å²) in [4.78, 5) is 15.7. The summed E-state index contributed by atoms with van der Waals surface area (Å²) >= 11 is 0. The quantitative estimate of drug-likeness (QED) is 0.936. The number of ether oxygens (including phenoxy) is 2. The molecule has 0 saturated carbocycles. The lowest BCUT2D eigenvalue weighted by molar-refractivity contribution is -0.137. The van der Waals surface area contributed by atoms with Crippen molar-refractivity contribution in [2.24, 2.45) is 0 Å². The smallest absolute Gasteiger partial charge is 0.417 e. The Labute approximate surface area is 130 Å². The number of nitrogens with one attached hydrogen (secondary N) is 1. The van der Waals surface area contributed by atoms with E-state index in [0.717, 1.165) is 12.1 Å². The average Bonchev–Trinajstić information content (AvgIpc) is 2.53. The van der Waals surface area contributed by atoms with Crippen molar-refractivity contribution >= 4 is 11.7 Å². The SMILES string of the molecule is COc1cc(OC)cc(C(=O)Nc2ccc(C(F)(F)F)cn2)c1. The molecule has 1 aromatic carbocycles. The Morgan fingerprint density at radius 3 is 2.13 bits per heavy atom. The van der Waals surface area contributed by atoms with E-state index < -0.39 is 17.6 Å². The lowest BCUT2D eigenvalue weighted by Crippen LogP contribution is -2.14. The Balaban J connectivity index is 2.19. The lowest BCUT2D eigenvalue weighted by Gasteiger charge is -2.10. The highest BCUT2D eigenvalue weighted by atomic mass is 19.4. The molecule has 0 spiro atoms. The highest BCUT2D eigenvalue weighted by Crippen LogP contribution is 2.29. The number of pyridine rings is 1. The standard InChI is InChI=1S/C15H13F3N2O3/c1-22-11-5-9(6-12(7-11)23-2)14(21)20-13-4-3-10(8-19-13)15(16,17)18/h3-8H,1-2H3,(H,19,20,21). The third-order valence-electron chi connectivity index (χ3n) is 2.95. The summed E-state index contributed by atoms with van der Waals surface area (Å²) in [6.07, 6.45) is -3.82. The van der Waals surface area contributed by atoms with Gasteiger partial charge in [-0.1, -0.05) is 0 Å². The second-order valence-electron chi connectivity index (χ2n) is 4.49. The Kier molecular flexibility index (Phi) is 4.73. The minimum Gasteiger partial charge on any atom is -0.497 e. The number of anilines is 1. The topological polar surface area (TPSA) is 60.5 Å². The third-order valence-corrected chi connectivity index (χ3v) is 2.95. The highest BCUT2D eigenvalue weighted by Gasteiger charge is 2.30. The van der Waals surface area contributed by atoms with Crippen LogP contribution in [0.15, 0.2) is 36.5 Å². The molecule has 0 atom stereocenters. The predicted octanol–water partition coefficient (Wildman–Crippen LogP) is 3.37. The van der Waals surface area contributed by atoms with Crippen LogP contribution in [0.4, 0.5) is 19.0 Å². The monoisotopic (exact) mass is 326 g/mol. The van der Waals surface area contributed by atoms with E-state index in [1.54, 1.807) is 6.07 Å². The molecule has 0 bridgehead atoms. The first-order valence-corrected chi connectivity index (χ1v) is 6.41. The van der Waals surface area contributed by atoms with Gasteiger partial charge < -0.3 is 14.8 Å². The molecule has 8 heteroatoms. The van der Waals surface area contributed by atoms with Crippen molar-refractivity contribution < 1.29 is 27.4 Å². The molecule has 0 fully saturated rings. The summed E-state index contributed by atoms with van der Waals surface area (Å²) in [7, 11) is 2.88. The molecule has 2 aromatic rings. The number of carbonyl (C=O) groups is 1. The molecule has 0 aliphatic heterocycles. The summed E-state index contributed by atoms with van der Waals surface area (Å²) in [6, 6.07) is 6.46. The van der Waals surface area contributed by atoms with E-state index in [-0.39, 0.29) is 11.4 Å². The van der Waals surface area contributed by atoms with Crippen LogP contribution in [0, 0.1) is 0 Å². The number of hydrogen-bond donors (Lipinski definition) is 1. The normalized spacial score (nSPS) is 11.0. The first-order valence-electron chi connectivity index (χ1n) is 6.41. The molecule has 0 unspecified atom stereocenters. The van der Waals surface area contributed by atoms with Crippen molar-refractivity contribution in [3.05, 3.63) is 47.7 Å². The van der Waals surface area contributed by atoms with Crippen molar-refractivity contribution in [2.75, 3.05) is 19.5 Å². The second-order valence-corrected chi connectivity index (χ2v) is 4.49. The van der Waals surface area contributed by atoms with Crippen molar-refractivity contribution in [1.29, 1.82) is 0 Å². The highest BCUT2D eigenvalue weighted by molar-refractivity contribution is 6.04. The number of methoxy groups -OCH3 is 2. The Morgan fingerprint density at radius 1 is 1.09 bits per heavy atom. The maximum Gasteiger partial charge on any atom is 0.417 e. The lowest BCUT2D eigenvalue weighted by atomic mass is 10.2. The van der Waals surface area contributed by atoms with Crippen molar-refractivity contribution in [3.8, 4) is 11.5 Å². The minimum atomic E-state index is -4.48. The molecule has 122 valence electrons. The molecule has 2 rings (SSSR count). The molecule has 1 amide bonds. The summed E-state index contributed by atoms with van der Waals surface area (Å²) in [5, 5.41) is 2.41. The van der Waals surface area contributed by atoms with E-state index in [1.165, 1.54) is 26.4 Å². The van der Waals surface area contributed by atoms with Gasteiger partial charge in [0.1, 0.15) is 17.3 Å². The number of amides is 1. The van der Waals surface area contributed by atoms with E-state index in [2.05, 4.69) is 10.3 Å². The molecule has 1 N–H and O–H groups in total. The summed E-state index contributed by atoms with van der Waals surface area (Å²) < 4.78 is 47.5. The Hall–Kier alpha value is -2.77. The van der Waals surface area contributed by atoms with Crippen molar-refractivity contribution in [3.63, 3.8) is 0 Å². The zero-order chi connectivity index (χ0) is 17.0. The summed E-state index contributed by atoms with van der Waals surface area (Å²) in [6.45, 7) is 0. The van der Waals surface area contributed by atoms with Crippen LogP contribution >= 0.6 is 0 Å². The number of carbonyl (C=O) groups excluding carboxylic acids is 1. The minimum absolute atomic E-state index is 0.00443. The Bertz CT molecular complexity index is 678. The van der Waals surface area contributed by atoms with Gasteiger partial charge in [-0.2, -0.15) is 13.2 Å². The fourth-order valence-electron chi connectivity index (χ4n) is 1.76. The van der Waals surface area contributed by atoms with E-state index in [9.17, 15) is 18.0 Å².